The molecule has 0 fully saturated rings. The van der Waals surface area contributed by atoms with Gasteiger partial charge in [-0.25, -0.2) is 0 Å². The monoisotopic (exact) mass is 301 g/mol. The van der Waals surface area contributed by atoms with Crippen molar-refractivity contribution in [2.75, 3.05) is 0 Å². The molecule has 0 saturated heterocycles. The van der Waals surface area contributed by atoms with E-state index in [1.807, 2.05) is 27.7 Å². The number of alkyl halides is 3. The Labute approximate surface area is 114 Å². The summed E-state index contributed by atoms with van der Waals surface area (Å²) in [6.07, 6.45) is 4.99. The summed E-state index contributed by atoms with van der Waals surface area (Å²) in [5.41, 5.74) is -5.49. The molecule has 0 aliphatic rings. The van der Waals surface area contributed by atoms with E-state index >= 15 is 0 Å². The largest absolute Gasteiger partial charge is 0.516 e. The zero-order valence-corrected chi connectivity index (χ0v) is 12.7. The number of nitrogens with one attached hydrogen (secondary N) is 1. The Bertz CT molecular complexity index is 382. The summed E-state index contributed by atoms with van der Waals surface area (Å²) < 4.78 is 58.5. The van der Waals surface area contributed by atoms with Crippen LogP contribution in [0.2, 0.25) is 0 Å². The van der Waals surface area contributed by atoms with Crippen molar-refractivity contribution in [2.24, 2.45) is 0 Å². The van der Waals surface area contributed by atoms with E-state index in [0.29, 0.717) is 0 Å². The number of rotatable bonds is 4. The SMILES string of the molecule is C=C/C=C\C(=C/C)NS(=O)(=O)C(F)(F)F.CC.CC. The van der Waals surface area contributed by atoms with Gasteiger partial charge < -0.3 is 0 Å². The van der Waals surface area contributed by atoms with Gasteiger partial charge in [0.15, 0.2) is 0 Å². The van der Waals surface area contributed by atoms with Crippen molar-refractivity contribution in [3.05, 3.63) is 36.6 Å². The van der Waals surface area contributed by atoms with Crippen LogP contribution < -0.4 is 4.72 Å². The van der Waals surface area contributed by atoms with Crippen LogP contribution in [0.5, 0.6) is 0 Å². The van der Waals surface area contributed by atoms with E-state index in [-0.39, 0.29) is 5.70 Å². The molecule has 0 amide bonds. The Morgan fingerprint density at radius 2 is 1.58 bits per heavy atom. The predicted molar refractivity (Wildman–Crippen MR) is 73.9 cm³/mol. The molecule has 0 aliphatic heterocycles. The molecule has 0 aromatic carbocycles. The van der Waals surface area contributed by atoms with E-state index < -0.39 is 15.5 Å². The fourth-order valence-electron chi connectivity index (χ4n) is 0.574. The maximum absolute atomic E-state index is 11.9. The lowest BCUT2D eigenvalue weighted by Gasteiger charge is -2.10. The lowest BCUT2D eigenvalue weighted by molar-refractivity contribution is -0.0444. The van der Waals surface area contributed by atoms with Crippen LogP contribution >= 0.6 is 0 Å². The summed E-state index contributed by atoms with van der Waals surface area (Å²) >= 11 is 0. The van der Waals surface area contributed by atoms with Gasteiger partial charge in [-0.15, -0.1) is 0 Å². The van der Waals surface area contributed by atoms with Crippen molar-refractivity contribution >= 4 is 10.0 Å². The van der Waals surface area contributed by atoms with E-state index in [1.165, 1.54) is 29.9 Å². The summed E-state index contributed by atoms with van der Waals surface area (Å²) in [6, 6.07) is 0. The van der Waals surface area contributed by atoms with Crippen LogP contribution in [0.25, 0.3) is 0 Å². The third-order valence-corrected chi connectivity index (χ3v) is 2.39. The van der Waals surface area contributed by atoms with E-state index in [4.69, 9.17) is 0 Å². The molecule has 0 aromatic rings. The van der Waals surface area contributed by atoms with Gasteiger partial charge in [0.05, 0.1) is 0 Å². The zero-order chi connectivity index (χ0) is 16.1. The highest BCUT2D eigenvalue weighted by Crippen LogP contribution is 2.22. The first-order valence-electron chi connectivity index (χ1n) is 5.79. The van der Waals surface area contributed by atoms with E-state index in [9.17, 15) is 21.6 Å². The Morgan fingerprint density at radius 3 is 1.84 bits per heavy atom. The highest BCUT2D eigenvalue weighted by atomic mass is 32.2. The number of hydrogen-bond acceptors (Lipinski definition) is 2. The second-order valence-electron chi connectivity index (χ2n) is 2.39. The van der Waals surface area contributed by atoms with Crippen LogP contribution in [0.4, 0.5) is 13.2 Å². The van der Waals surface area contributed by atoms with Crippen LogP contribution in [0.3, 0.4) is 0 Å². The highest BCUT2D eigenvalue weighted by Gasteiger charge is 2.46. The molecular weight excluding hydrogens is 279 g/mol. The number of sulfonamides is 1. The molecule has 0 spiro atoms. The lowest BCUT2D eigenvalue weighted by Crippen LogP contribution is -2.35. The topological polar surface area (TPSA) is 46.2 Å². The molecule has 0 saturated carbocycles. The lowest BCUT2D eigenvalue weighted by atomic mass is 10.4. The molecule has 0 rings (SSSR count). The van der Waals surface area contributed by atoms with Gasteiger partial charge in [-0.2, -0.15) is 21.6 Å². The van der Waals surface area contributed by atoms with E-state index in [0.717, 1.165) is 6.08 Å². The second-order valence-corrected chi connectivity index (χ2v) is 4.06. The maximum Gasteiger partial charge on any atom is 0.516 e. The molecule has 0 bridgehead atoms. The average molecular weight is 301 g/mol. The minimum atomic E-state index is -5.34. The number of hydrogen-bond donors (Lipinski definition) is 1. The van der Waals surface area contributed by atoms with Gasteiger partial charge in [-0.1, -0.05) is 52.5 Å². The summed E-state index contributed by atoms with van der Waals surface area (Å²) in [5, 5.41) is 0. The van der Waals surface area contributed by atoms with Crippen molar-refractivity contribution < 1.29 is 21.6 Å². The molecule has 7 heteroatoms. The maximum atomic E-state index is 11.9. The molecule has 0 heterocycles. The van der Waals surface area contributed by atoms with Gasteiger partial charge in [-0.3, -0.25) is 4.72 Å². The quantitative estimate of drug-likeness (QED) is 0.794. The molecule has 19 heavy (non-hydrogen) atoms. The van der Waals surface area contributed by atoms with Crippen LogP contribution in [0.1, 0.15) is 34.6 Å². The Morgan fingerprint density at radius 1 is 1.16 bits per heavy atom. The number of halogens is 3. The minimum Gasteiger partial charge on any atom is -0.276 e. The summed E-state index contributed by atoms with van der Waals surface area (Å²) in [5.74, 6) is 0. The van der Waals surface area contributed by atoms with Gasteiger partial charge in [0.2, 0.25) is 0 Å². The predicted octanol–water partition coefficient (Wildman–Crippen LogP) is 4.12. The second kappa shape index (κ2) is 11.8. The molecule has 0 radical (unpaired) electrons. The van der Waals surface area contributed by atoms with E-state index in [1.54, 1.807) is 0 Å². The molecular formula is C12H22F3NO2S. The van der Waals surface area contributed by atoms with Crippen LogP contribution in [0, 0.1) is 0 Å². The normalized spacial score (nSPS) is 11.9. The third kappa shape index (κ3) is 10.4. The minimum absolute atomic E-state index is 0.174. The van der Waals surface area contributed by atoms with Crippen molar-refractivity contribution in [1.82, 2.24) is 4.72 Å². The first-order chi connectivity index (χ1) is 8.74. The summed E-state index contributed by atoms with van der Waals surface area (Å²) in [4.78, 5) is 0. The van der Waals surface area contributed by atoms with Gasteiger partial charge in [0.25, 0.3) is 0 Å². The molecule has 0 atom stereocenters. The fraction of sp³-hybridized carbons (Fsp3) is 0.500. The van der Waals surface area contributed by atoms with Gasteiger partial charge in [0, 0.05) is 5.70 Å². The summed E-state index contributed by atoms with van der Waals surface area (Å²) in [6.45, 7) is 12.7. The van der Waals surface area contributed by atoms with E-state index in [2.05, 4.69) is 6.58 Å². The number of allylic oxidation sites excluding steroid dienone is 4. The van der Waals surface area contributed by atoms with Crippen molar-refractivity contribution in [1.29, 1.82) is 0 Å². The first kappa shape index (κ1) is 22.9. The van der Waals surface area contributed by atoms with Gasteiger partial charge in [-0.05, 0) is 13.0 Å². The molecule has 114 valence electrons. The van der Waals surface area contributed by atoms with Crippen LogP contribution in [-0.4, -0.2) is 13.9 Å². The third-order valence-electron chi connectivity index (χ3n) is 1.28. The van der Waals surface area contributed by atoms with Crippen molar-refractivity contribution in [3.8, 4) is 0 Å². The Kier molecular flexibility index (Phi) is 14.3. The first-order valence-corrected chi connectivity index (χ1v) is 7.27. The fourth-order valence-corrected chi connectivity index (χ4v) is 1.19. The molecule has 0 aromatic heterocycles. The van der Waals surface area contributed by atoms with Gasteiger partial charge in [0.1, 0.15) is 0 Å². The Hall–Kier alpha value is -1.24. The zero-order valence-electron chi connectivity index (χ0n) is 11.9. The standard InChI is InChI=1S/C8H10F3NO2S.2C2H6/c1-3-5-6-7(4-2)12-15(13,14)8(9,10)11;2*1-2/h3-6,12H,1H2,2H3;2*1-2H3/b6-5-,7-4+;;. The summed E-state index contributed by atoms with van der Waals surface area (Å²) in [7, 11) is -5.34. The van der Waals surface area contributed by atoms with Crippen molar-refractivity contribution in [2.45, 2.75) is 40.1 Å². The van der Waals surface area contributed by atoms with Crippen molar-refractivity contribution in [3.63, 3.8) is 0 Å². The van der Waals surface area contributed by atoms with Crippen LogP contribution in [-0.2, 0) is 10.0 Å². The average Bonchev–Trinajstić information content (AvgIpc) is 2.37. The molecule has 3 nitrogen and oxygen atoms in total. The molecule has 0 unspecified atom stereocenters. The van der Waals surface area contributed by atoms with Crippen LogP contribution in [0.15, 0.2) is 36.6 Å². The molecule has 1 N–H and O–H groups in total. The van der Waals surface area contributed by atoms with Gasteiger partial charge >= 0.3 is 15.5 Å². The highest BCUT2D eigenvalue weighted by molar-refractivity contribution is 7.90. The smallest absolute Gasteiger partial charge is 0.276 e. The molecule has 0 aliphatic carbocycles. The Balaban J connectivity index is -0.000000579.